The molecule has 4 rings (SSSR count). The summed E-state index contributed by atoms with van der Waals surface area (Å²) in [4.78, 5) is 59.0. The number of carbonyl (C=O) groups excluding carboxylic acids is 4. The molecular formula is C29H37N5O6. The average Bonchev–Trinajstić information content (AvgIpc) is 2.96. The second-order valence-corrected chi connectivity index (χ2v) is 10.1. The van der Waals surface area contributed by atoms with Gasteiger partial charge in [-0.25, -0.2) is 0 Å². The van der Waals surface area contributed by atoms with Gasteiger partial charge in [-0.2, -0.15) is 0 Å². The molecule has 40 heavy (non-hydrogen) atoms. The van der Waals surface area contributed by atoms with Crippen molar-refractivity contribution in [3.63, 3.8) is 0 Å². The van der Waals surface area contributed by atoms with Crippen LogP contribution in [0.15, 0.2) is 48.5 Å². The topological polar surface area (TPSA) is 132 Å². The second-order valence-electron chi connectivity index (χ2n) is 10.1. The fraction of sp³-hybridized carbons (Fsp3) is 0.448. The predicted molar refractivity (Wildman–Crippen MR) is 148 cm³/mol. The molecule has 2 aliphatic rings. The van der Waals surface area contributed by atoms with E-state index in [0.717, 1.165) is 12.1 Å². The maximum Gasteiger partial charge on any atom is 0.255 e. The monoisotopic (exact) mass is 551 g/mol. The molecule has 0 radical (unpaired) electrons. The van der Waals surface area contributed by atoms with Crippen LogP contribution in [0.5, 0.6) is 11.5 Å². The van der Waals surface area contributed by atoms with E-state index in [4.69, 9.17) is 4.74 Å². The normalized spacial score (nSPS) is 21.5. The summed E-state index contributed by atoms with van der Waals surface area (Å²) in [6, 6.07) is 11.0. The second kappa shape index (κ2) is 13.3. The zero-order valence-corrected chi connectivity index (χ0v) is 23.0. The Morgan fingerprint density at radius 1 is 0.975 bits per heavy atom. The van der Waals surface area contributed by atoms with Crippen LogP contribution in [0.4, 0.5) is 0 Å². The van der Waals surface area contributed by atoms with Gasteiger partial charge in [0, 0.05) is 39.6 Å². The van der Waals surface area contributed by atoms with Gasteiger partial charge in [0.15, 0.2) is 0 Å². The quantitative estimate of drug-likeness (QED) is 0.508. The van der Waals surface area contributed by atoms with Crippen molar-refractivity contribution >= 4 is 23.6 Å². The molecular weight excluding hydrogens is 514 g/mol. The molecule has 2 aliphatic heterocycles. The van der Waals surface area contributed by atoms with Gasteiger partial charge in [0.2, 0.25) is 17.7 Å². The highest BCUT2D eigenvalue weighted by molar-refractivity contribution is 6.01. The number of para-hydroxylation sites is 1. The molecule has 0 spiro atoms. The minimum atomic E-state index is -1.13. The number of rotatable bonds is 4. The molecule has 1 fully saturated rings. The average molecular weight is 552 g/mol. The third-order valence-corrected chi connectivity index (χ3v) is 7.33. The minimum Gasteiger partial charge on any atom is -0.508 e. The van der Waals surface area contributed by atoms with E-state index in [1.807, 2.05) is 0 Å². The molecule has 214 valence electrons. The van der Waals surface area contributed by atoms with E-state index in [1.54, 1.807) is 48.3 Å². The predicted octanol–water partition coefficient (Wildman–Crippen LogP) is 0.623. The number of likely N-dealkylation sites (N-methyl/N-ethyl adjacent to an activating group) is 2. The van der Waals surface area contributed by atoms with Gasteiger partial charge < -0.3 is 35.2 Å². The number of benzene rings is 2. The summed E-state index contributed by atoms with van der Waals surface area (Å²) in [5.74, 6) is -1.29. The molecule has 11 nitrogen and oxygen atoms in total. The maximum atomic E-state index is 13.6. The van der Waals surface area contributed by atoms with E-state index in [2.05, 4.69) is 22.5 Å². The van der Waals surface area contributed by atoms with Crippen LogP contribution in [-0.2, 0) is 20.8 Å². The first-order valence-electron chi connectivity index (χ1n) is 13.6. The Balaban J connectivity index is 1.61. The van der Waals surface area contributed by atoms with Crippen LogP contribution in [0.3, 0.4) is 0 Å². The lowest BCUT2D eigenvalue weighted by atomic mass is 10.0. The van der Waals surface area contributed by atoms with Gasteiger partial charge in [-0.1, -0.05) is 31.2 Å². The van der Waals surface area contributed by atoms with Crippen molar-refractivity contribution in [2.24, 2.45) is 0 Å². The molecule has 0 bridgehead atoms. The number of aromatic hydroxyl groups is 1. The van der Waals surface area contributed by atoms with E-state index in [9.17, 15) is 24.3 Å². The Kier molecular flexibility index (Phi) is 9.60. The minimum absolute atomic E-state index is 0.0940. The number of nitrogens with one attached hydrogen (secondary N) is 2. The number of piperazine rings is 1. The maximum absolute atomic E-state index is 13.6. The molecule has 2 heterocycles. The summed E-state index contributed by atoms with van der Waals surface area (Å²) in [5.41, 5.74) is 0.985. The van der Waals surface area contributed by atoms with E-state index < -0.39 is 23.9 Å². The highest BCUT2D eigenvalue weighted by Gasteiger charge is 2.33. The fourth-order valence-corrected chi connectivity index (χ4v) is 4.90. The summed E-state index contributed by atoms with van der Waals surface area (Å²) < 4.78 is 5.87. The Hall–Kier alpha value is -4.12. The Morgan fingerprint density at radius 2 is 1.68 bits per heavy atom. The lowest BCUT2D eigenvalue weighted by molar-refractivity contribution is -0.138. The standard InChI is InChI=1S/C29H37N5O6/c1-3-33-12-14-34(15-13-33)29(39)24-19-26(36)30-23(18-20-8-10-21(35)11-9-20)28(38)32(2)16-17-40-25-7-5-4-6-22(25)27(37)31-24/h4-11,23-24,35H,3,12-19H2,1-2H3,(H,30,36)(H,31,37)/t23-,24-/m0/s1. The molecule has 2 aromatic rings. The smallest absolute Gasteiger partial charge is 0.255 e. The van der Waals surface area contributed by atoms with Crippen molar-refractivity contribution in [1.82, 2.24) is 25.3 Å². The third kappa shape index (κ3) is 7.29. The van der Waals surface area contributed by atoms with Crippen molar-refractivity contribution in [1.29, 1.82) is 0 Å². The number of hydrogen-bond acceptors (Lipinski definition) is 7. The van der Waals surface area contributed by atoms with Gasteiger partial charge in [0.1, 0.15) is 30.2 Å². The molecule has 2 aromatic carbocycles. The van der Waals surface area contributed by atoms with E-state index >= 15 is 0 Å². The number of amides is 4. The number of hydrogen-bond donors (Lipinski definition) is 3. The molecule has 0 aliphatic carbocycles. The van der Waals surface area contributed by atoms with Gasteiger partial charge >= 0.3 is 0 Å². The lowest BCUT2D eigenvalue weighted by Gasteiger charge is -2.36. The van der Waals surface area contributed by atoms with E-state index in [1.165, 1.54) is 17.0 Å². The van der Waals surface area contributed by atoms with Crippen LogP contribution in [0.2, 0.25) is 0 Å². The number of carbonyl (C=O) groups is 4. The fourth-order valence-electron chi connectivity index (χ4n) is 4.90. The van der Waals surface area contributed by atoms with Crippen LogP contribution in [-0.4, -0.2) is 108 Å². The number of ether oxygens (including phenoxy) is 1. The van der Waals surface area contributed by atoms with Gasteiger partial charge in [-0.15, -0.1) is 0 Å². The zero-order chi connectivity index (χ0) is 28.6. The van der Waals surface area contributed by atoms with Crippen molar-refractivity contribution in [2.45, 2.75) is 31.8 Å². The molecule has 1 saturated heterocycles. The summed E-state index contributed by atoms with van der Waals surface area (Å²) in [6.07, 6.45) is -0.145. The first kappa shape index (κ1) is 28.9. The molecule has 0 aromatic heterocycles. The number of phenolic OH excluding ortho intramolecular Hbond substituents is 1. The van der Waals surface area contributed by atoms with Crippen LogP contribution in [0.25, 0.3) is 0 Å². The van der Waals surface area contributed by atoms with E-state index in [0.29, 0.717) is 31.9 Å². The molecule has 2 atom stereocenters. The summed E-state index contributed by atoms with van der Waals surface area (Å²) in [7, 11) is 1.62. The van der Waals surface area contributed by atoms with Crippen LogP contribution in [0.1, 0.15) is 29.3 Å². The number of fused-ring (bicyclic) bond motifs is 1. The Bertz CT molecular complexity index is 1210. The first-order chi connectivity index (χ1) is 19.2. The summed E-state index contributed by atoms with van der Waals surface area (Å²) >= 11 is 0. The molecule has 0 saturated carbocycles. The summed E-state index contributed by atoms with van der Waals surface area (Å²) in [5, 5.41) is 15.2. The molecule has 0 unspecified atom stereocenters. The van der Waals surface area contributed by atoms with Crippen molar-refractivity contribution in [3.05, 3.63) is 59.7 Å². The highest BCUT2D eigenvalue weighted by Crippen LogP contribution is 2.19. The Labute approximate surface area is 234 Å². The third-order valence-electron chi connectivity index (χ3n) is 7.33. The van der Waals surface area contributed by atoms with Crippen LogP contribution >= 0.6 is 0 Å². The number of phenols is 1. The van der Waals surface area contributed by atoms with Crippen molar-refractivity contribution in [2.75, 3.05) is 52.9 Å². The molecule has 4 amide bonds. The van der Waals surface area contributed by atoms with Gasteiger partial charge in [0.25, 0.3) is 5.91 Å². The van der Waals surface area contributed by atoms with Gasteiger partial charge in [-0.3, -0.25) is 19.2 Å². The molecule has 3 N–H and O–H groups in total. The van der Waals surface area contributed by atoms with Crippen molar-refractivity contribution in [3.8, 4) is 11.5 Å². The number of nitrogens with zero attached hydrogens (tertiary/aromatic N) is 3. The van der Waals surface area contributed by atoms with Crippen molar-refractivity contribution < 1.29 is 29.0 Å². The van der Waals surface area contributed by atoms with Gasteiger partial charge in [0.05, 0.1) is 18.5 Å². The SMILES string of the molecule is CCN1CCN(C(=O)[C@@H]2CC(=O)N[C@@H](Cc3ccc(O)cc3)C(=O)N(C)CCOc3ccccc3C(=O)N2)CC1. The zero-order valence-electron chi connectivity index (χ0n) is 23.0. The largest absolute Gasteiger partial charge is 0.508 e. The first-order valence-corrected chi connectivity index (χ1v) is 13.6. The van der Waals surface area contributed by atoms with Crippen LogP contribution in [0, 0.1) is 0 Å². The van der Waals surface area contributed by atoms with Crippen LogP contribution < -0.4 is 15.4 Å². The highest BCUT2D eigenvalue weighted by atomic mass is 16.5. The molecule has 11 heteroatoms. The van der Waals surface area contributed by atoms with E-state index in [-0.39, 0.29) is 49.1 Å². The summed E-state index contributed by atoms with van der Waals surface area (Å²) in [6.45, 7) is 5.69. The Morgan fingerprint density at radius 3 is 2.38 bits per heavy atom. The lowest BCUT2D eigenvalue weighted by Crippen LogP contribution is -2.56. The van der Waals surface area contributed by atoms with Gasteiger partial charge in [-0.05, 0) is 36.4 Å².